The molecule has 4 aromatic carbocycles. The number of benzene rings is 4. The number of nitrogens with zero attached hydrogens (tertiary/aromatic N) is 4. The number of nitriles is 1. The minimum atomic E-state index is 0.321. The summed E-state index contributed by atoms with van der Waals surface area (Å²) in [7, 11) is 0. The third-order valence-electron chi connectivity index (χ3n) is 10.3. The molecule has 3 aliphatic rings. The highest BCUT2D eigenvalue weighted by molar-refractivity contribution is 5.70. The Labute approximate surface area is 247 Å². The summed E-state index contributed by atoms with van der Waals surface area (Å²) in [5.41, 5.74) is 7.57. The lowest BCUT2D eigenvalue weighted by Crippen LogP contribution is -2.58. The summed E-state index contributed by atoms with van der Waals surface area (Å²) >= 11 is 0. The highest BCUT2D eigenvalue weighted by atomic mass is 15.0. The molecule has 1 heterocycles. The Hall–Kier alpha value is -4.62. The van der Waals surface area contributed by atoms with Crippen LogP contribution < -0.4 is 0 Å². The maximum atomic E-state index is 9.21. The molecule has 3 fully saturated rings. The van der Waals surface area contributed by atoms with Crippen LogP contribution in [-0.4, -0.2) is 15.0 Å². The third kappa shape index (κ3) is 4.23. The molecule has 0 N–H and O–H groups in total. The number of rotatable bonds is 5. The van der Waals surface area contributed by atoms with Crippen molar-refractivity contribution in [3.63, 3.8) is 0 Å². The van der Waals surface area contributed by atoms with Gasteiger partial charge < -0.3 is 0 Å². The maximum absolute atomic E-state index is 9.21. The van der Waals surface area contributed by atoms with Crippen molar-refractivity contribution in [2.45, 2.75) is 38.0 Å². The van der Waals surface area contributed by atoms with Crippen LogP contribution in [0.4, 0.5) is 0 Å². The molecule has 8 rings (SSSR count). The lowest BCUT2D eigenvalue weighted by molar-refractivity contribution is -0.141. The second-order valence-corrected chi connectivity index (χ2v) is 12.8. The van der Waals surface area contributed by atoms with Gasteiger partial charge in [0.15, 0.2) is 17.5 Å². The van der Waals surface area contributed by atoms with Crippen LogP contribution in [0.25, 0.3) is 45.3 Å². The van der Waals surface area contributed by atoms with E-state index in [0.29, 0.717) is 28.5 Å². The normalized spacial score (nSPS) is 25.4. The fourth-order valence-corrected chi connectivity index (χ4v) is 8.10. The van der Waals surface area contributed by atoms with Gasteiger partial charge in [-0.05, 0) is 95.7 Å². The molecule has 0 radical (unpaired) electrons. The summed E-state index contributed by atoms with van der Waals surface area (Å²) in [5, 5.41) is 9.21. The van der Waals surface area contributed by atoms with Gasteiger partial charge in [0.05, 0.1) is 11.6 Å². The average molecular weight is 545 g/mol. The maximum Gasteiger partial charge on any atom is 0.164 e. The van der Waals surface area contributed by atoms with Gasteiger partial charge in [-0.3, -0.25) is 0 Å². The Balaban J connectivity index is 1.08. The Kier molecular flexibility index (Phi) is 5.82. The van der Waals surface area contributed by atoms with E-state index in [9.17, 15) is 5.26 Å². The fourth-order valence-electron chi connectivity index (χ4n) is 8.10. The van der Waals surface area contributed by atoms with Crippen molar-refractivity contribution in [3.05, 3.63) is 114 Å². The number of hydrogen-bond donors (Lipinski definition) is 0. The van der Waals surface area contributed by atoms with Gasteiger partial charge in [0.2, 0.25) is 0 Å². The Morgan fingerprint density at radius 2 is 1.02 bits per heavy atom. The molecule has 3 unspecified atom stereocenters. The predicted molar refractivity (Wildman–Crippen MR) is 166 cm³/mol. The van der Waals surface area contributed by atoms with Gasteiger partial charge in [0.1, 0.15) is 0 Å². The lowest BCUT2D eigenvalue weighted by atomic mass is 9.39. The predicted octanol–water partition coefficient (Wildman–Crippen LogP) is 8.73. The smallest absolute Gasteiger partial charge is 0.164 e. The minimum absolute atomic E-state index is 0.321. The molecule has 204 valence electrons. The van der Waals surface area contributed by atoms with Crippen molar-refractivity contribution < 1.29 is 0 Å². The first-order chi connectivity index (χ1) is 20.6. The molecule has 4 nitrogen and oxygen atoms in total. The Morgan fingerprint density at radius 1 is 0.571 bits per heavy atom. The molecule has 0 bridgehead atoms. The molecule has 0 aliphatic heterocycles. The topological polar surface area (TPSA) is 62.5 Å². The molecule has 5 atom stereocenters. The second kappa shape index (κ2) is 9.74. The van der Waals surface area contributed by atoms with E-state index < -0.39 is 0 Å². The monoisotopic (exact) mass is 544 g/mol. The Bertz CT molecular complexity index is 1790. The minimum Gasteiger partial charge on any atom is -0.208 e. The van der Waals surface area contributed by atoms with Crippen molar-refractivity contribution in [1.29, 1.82) is 5.26 Å². The summed E-state index contributed by atoms with van der Waals surface area (Å²) in [4.78, 5) is 14.5. The van der Waals surface area contributed by atoms with Gasteiger partial charge in [0.25, 0.3) is 0 Å². The van der Waals surface area contributed by atoms with Gasteiger partial charge in [-0.2, -0.15) is 5.26 Å². The molecule has 42 heavy (non-hydrogen) atoms. The molecule has 4 heteroatoms. The molecule has 1 aromatic heterocycles. The lowest BCUT2D eigenvalue weighted by Gasteiger charge is -2.65. The molecule has 5 aromatic rings. The summed E-state index contributed by atoms with van der Waals surface area (Å²) in [6.45, 7) is 2.50. The van der Waals surface area contributed by atoms with Gasteiger partial charge in [-0.15, -0.1) is 0 Å². The molecule has 0 spiro atoms. The van der Waals surface area contributed by atoms with E-state index in [4.69, 9.17) is 15.0 Å². The Morgan fingerprint density at radius 3 is 1.52 bits per heavy atom. The van der Waals surface area contributed by atoms with Crippen LogP contribution in [-0.2, 0) is 5.41 Å². The second-order valence-electron chi connectivity index (χ2n) is 12.8. The first-order valence-electron chi connectivity index (χ1n) is 15.1. The van der Waals surface area contributed by atoms with Crippen LogP contribution in [0.1, 0.15) is 43.7 Å². The van der Waals surface area contributed by atoms with Crippen LogP contribution in [0.3, 0.4) is 0 Å². The molecule has 0 saturated heterocycles. The van der Waals surface area contributed by atoms with Gasteiger partial charge in [0, 0.05) is 16.7 Å². The van der Waals surface area contributed by atoms with E-state index in [0.717, 1.165) is 40.4 Å². The van der Waals surface area contributed by atoms with E-state index in [-0.39, 0.29) is 0 Å². The highest BCUT2D eigenvalue weighted by Gasteiger charge is 2.59. The molecule has 3 aliphatic carbocycles. The van der Waals surface area contributed by atoms with Crippen LogP contribution in [0.5, 0.6) is 0 Å². The molecule has 3 saturated carbocycles. The average Bonchev–Trinajstić information content (AvgIpc) is 3.03. The molecule has 0 amide bonds. The van der Waals surface area contributed by atoms with E-state index in [1.54, 1.807) is 12.1 Å². The van der Waals surface area contributed by atoms with Crippen LogP contribution in [0.15, 0.2) is 103 Å². The zero-order valence-electron chi connectivity index (χ0n) is 23.7. The van der Waals surface area contributed by atoms with Gasteiger partial charge in [-0.25, -0.2) is 15.0 Å². The van der Waals surface area contributed by atoms with Crippen molar-refractivity contribution in [2.75, 3.05) is 0 Å². The molecular formula is C38H32N4. The summed E-state index contributed by atoms with van der Waals surface area (Å²) in [6, 6.07) is 37.4. The summed E-state index contributed by atoms with van der Waals surface area (Å²) in [6.07, 6.45) is 5.68. The van der Waals surface area contributed by atoms with Crippen molar-refractivity contribution in [3.8, 4) is 51.4 Å². The SMILES string of the molecule is CC1(c2ccc(-c3ccc(-c4nc(-c5ccccc5)nc(-c5ccc(C#N)cc5)n4)cc3)cc2)C[C@H]2CC3C[C@@H](C1)C32. The van der Waals surface area contributed by atoms with Gasteiger partial charge in [-0.1, -0.05) is 85.8 Å². The van der Waals surface area contributed by atoms with Crippen molar-refractivity contribution in [2.24, 2.45) is 23.7 Å². The van der Waals surface area contributed by atoms with E-state index in [1.807, 2.05) is 42.5 Å². The standard InChI is InChI=1S/C38H32N4/c1-38(21-31-19-30-20-32(22-38)34(30)31)33-17-15-26(16-18-33)25-11-13-29(14-12-25)37-41-35(27-5-3-2-4-6-27)40-36(42-37)28-9-7-24(23-39)8-10-28/h2-18,30-32,34H,19-22H2,1H3/t30?,31-,32+,34?,38?. The first-order valence-corrected chi connectivity index (χ1v) is 15.1. The zero-order chi connectivity index (χ0) is 28.3. The van der Waals surface area contributed by atoms with Crippen LogP contribution in [0, 0.1) is 35.0 Å². The van der Waals surface area contributed by atoms with Crippen molar-refractivity contribution >= 4 is 0 Å². The van der Waals surface area contributed by atoms with E-state index in [2.05, 4.69) is 61.5 Å². The number of aromatic nitrogens is 3. The highest BCUT2D eigenvalue weighted by Crippen LogP contribution is 2.67. The fraction of sp³-hybridized carbons (Fsp3) is 0.263. The largest absolute Gasteiger partial charge is 0.208 e. The van der Waals surface area contributed by atoms with Crippen LogP contribution >= 0.6 is 0 Å². The van der Waals surface area contributed by atoms with E-state index in [1.165, 1.54) is 42.4 Å². The molecular weight excluding hydrogens is 512 g/mol. The summed E-state index contributed by atoms with van der Waals surface area (Å²) < 4.78 is 0. The van der Waals surface area contributed by atoms with Crippen LogP contribution in [0.2, 0.25) is 0 Å². The van der Waals surface area contributed by atoms with Gasteiger partial charge >= 0.3 is 0 Å². The van der Waals surface area contributed by atoms with E-state index >= 15 is 0 Å². The zero-order valence-corrected chi connectivity index (χ0v) is 23.7. The first kappa shape index (κ1) is 25.1. The van der Waals surface area contributed by atoms with Crippen molar-refractivity contribution in [1.82, 2.24) is 15.0 Å². The number of hydrogen-bond acceptors (Lipinski definition) is 4. The third-order valence-corrected chi connectivity index (χ3v) is 10.3. The summed E-state index contributed by atoms with van der Waals surface area (Å²) in [5.74, 6) is 5.91. The quantitative estimate of drug-likeness (QED) is 0.222.